The molecule has 27 heavy (non-hydrogen) atoms. The lowest BCUT2D eigenvalue weighted by Gasteiger charge is -2.09. The molecule has 0 amide bonds. The van der Waals surface area contributed by atoms with E-state index in [-0.39, 0.29) is 12.6 Å². The standard InChI is InChI=1S/C19H17Cl2NO4S/c1-25-18-16(27-19(24)22-18)9-11-2-5-13(6-3-11)26-17(23)10-12-4-7-14(20)15(21)8-12/h2-9,18-19,22,24H,10H2,1H3/b16-9-. The Kier molecular flexibility index (Phi) is 6.81. The zero-order valence-corrected chi connectivity index (χ0v) is 16.6. The summed E-state index contributed by atoms with van der Waals surface area (Å²) in [6.45, 7) is 0. The third-order valence-corrected chi connectivity index (χ3v) is 5.49. The van der Waals surface area contributed by atoms with Crippen molar-refractivity contribution in [1.82, 2.24) is 5.32 Å². The molecule has 2 aromatic carbocycles. The lowest BCUT2D eigenvalue weighted by atomic mass is 10.1. The first-order valence-electron chi connectivity index (χ1n) is 8.04. The van der Waals surface area contributed by atoms with Gasteiger partial charge in [0.2, 0.25) is 0 Å². The van der Waals surface area contributed by atoms with Crippen molar-refractivity contribution in [3.8, 4) is 5.75 Å². The van der Waals surface area contributed by atoms with Crippen LogP contribution in [0.15, 0.2) is 47.4 Å². The van der Waals surface area contributed by atoms with E-state index in [0.29, 0.717) is 15.8 Å². The highest BCUT2D eigenvalue weighted by molar-refractivity contribution is 8.03. The molecule has 0 spiro atoms. The van der Waals surface area contributed by atoms with Crippen molar-refractivity contribution in [1.29, 1.82) is 0 Å². The van der Waals surface area contributed by atoms with E-state index < -0.39 is 11.5 Å². The minimum Gasteiger partial charge on any atom is -0.426 e. The van der Waals surface area contributed by atoms with Gasteiger partial charge < -0.3 is 14.6 Å². The number of aliphatic hydroxyl groups is 1. The van der Waals surface area contributed by atoms with Crippen LogP contribution in [0.3, 0.4) is 0 Å². The first-order valence-corrected chi connectivity index (χ1v) is 9.68. The van der Waals surface area contributed by atoms with Gasteiger partial charge in [-0.05, 0) is 41.5 Å². The summed E-state index contributed by atoms with van der Waals surface area (Å²) in [5, 5.41) is 13.4. The topological polar surface area (TPSA) is 67.8 Å². The van der Waals surface area contributed by atoms with Crippen LogP contribution in [-0.2, 0) is 16.0 Å². The van der Waals surface area contributed by atoms with Crippen LogP contribution in [0.4, 0.5) is 0 Å². The van der Waals surface area contributed by atoms with Crippen LogP contribution in [0.5, 0.6) is 5.75 Å². The van der Waals surface area contributed by atoms with Crippen molar-refractivity contribution in [2.24, 2.45) is 0 Å². The van der Waals surface area contributed by atoms with Gasteiger partial charge in [0.25, 0.3) is 0 Å². The Balaban J connectivity index is 1.62. The summed E-state index contributed by atoms with van der Waals surface area (Å²) in [5.74, 6) is 0.0559. The largest absolute Gasteiger partial charge is 0.426 e. The van der Waals surface area contributed by atoms with Crippen molar-refractivity contribution in [3.63, 3.8) is 0 Å². The molecule has 0 aliphatic carbocycles. The van der Waals surface area contributed by atoms with Crippen molar-refractivity contribution < 1.29 is 19.4 Å². The Labute approximate surface area is 171 Å². The molecule has 3 rings (SSSR count). The number of aliphatic hydroxyl groups excluding tert-OH is 1. The molecule has 0 bridgehead atoms. The van der Waals surface area contributed by atoms with Crippen LogP contribution in [-0.4, -0.2) is 30.0 Å². The third-order valence-electron chi connectivity index (χ3n) is 3.79. The van der Waals surface area contributed by atoms with Gasteiger partial charge in [-0.15, -0.1) is 0 Å². The molecular formula is C19H17Cl2NO4S. The normalized spacial score (nSPS) is 20.8. The maximum absolute atomic E-state index is 12.1. The highest BCUT2D eigenvalue weighted by Gasteiger charge is 2.27. The van der Waals surface area contributed by atoms with Gasteiger partial charge in [0.15, 0.2) is 5.56 Å². The maximum atomic E-state index is 12.1. The lowest BCUT2D eigenvalue weighted by Crippen LogP contribution is -2.30. The van der Waals surface area contributed by atoms with Crippen molar-refractivity contribution in [2.75, 3.05) is 7.11 Å². The Hall–Kier alpha value is -1.54. The number of carbonyl (C=O) groups excluding carboxylic acids is 1. The van der Waals surface area contributed by atoms with E-state index in [9.17, 15) is 9.90 Å². The number of carbonyl (C=O) groups is 1. The molecule has 2 unspecified atom stereocenters. The fraction of sp³-hybridized carbons (Fsp3) is 0.211. The van der Waals surface area contributed by atoms with E-state index in [1.165, 1.54) is 11.8 Å². The Morgan fingerprint density at radius 3 is 2.63 bits per heavy atom. The van der Waals surface area contributed by atoms with Crippen LogP contribution in [0, 0.1) is 0 Å². The summed E-state index contributed by atoms with van der Waals surface area (Å²) in [7, 11) is 1.57. The molecule has 1 fully saturated rings. The zero-order chi connectivity index (χ0) is 19.4. The van der Waals surface area contributed by atoms with E-state index in [2.05, 4.69) is 5.32 Å². The SMILES string of the molecule is COC1NC(O)S/C1=C\c1ccc(OC(=O)Cc2ccc(Cl)c(Cl)c2)cc1. The smallest absolute Gasteiger partial charge is 0.315 e. The van der Waals surface area contributed by atoms with Gasteiger partial charge >= 0.3 is 5.97 Å². The molecule has 0 saturated carbocycles. The van der Waals surface area contributed by atoms with Gasteiger partial charge in [0.05, 0.1) is 16.5 Å². The molecule has 142 valence electrons. The number of hydrogen-bond acceptors (Lipinski definition) is 6. The number of methoxy groups -OCH3 is 1. The number of esters is 1. The molecule has 5 nitrogen and oxygen atoms in total. The monoisotopic (exact) mass is 425 g/mol. The minimum absolute atomic E-state index is 0.0956. The first-order chi connectivity index (χ1) is 12.9. The van der Waals surface area contributed by atoms with Crippen molar-refractivity contribution in [3.05, 3.63) is 68.5 Å². The molecule has 1 aliphatic rings. The molecule has 2 atom stereocenters. The number of hydrogen-bond donors (Lipinski definition) is 2. The van der Waals surface area contributed by atoms with E-state index in [0.717, 1.165) is 16.0 Å². The number of rotatable bonds is 5. The van der Waals surface area contributed by atoms with Gasteiger partial charge in [-0.1, -0.05) is 53.2 Å². The van der Waals surface area contributed by atoms with Gasteiger partial charge in [-0.3, -0.25) is 10.1 Å². The highest BCUT2D eigenvalue weighted by Crippen LogP contribution is 2.32. The second-order valence-corrected chi connectivity index (χ2v) is 7.74. The molecule has 2 aromatic rings. The molecule has 0 radical (unpaired) electrons. The second kappa shape index (κ2) is 9.10. The number of thioether (sulfide) groups is 1. The second-order valence-electron chi connectivity index (χ2n) is 5.77. The highest BCUT2D eigenvalue weighted by atomic mass is 35.5. The molecule has 1 saturated heterocycles. The number of ether oxygens (including phenoxy) is 2. The van der Waals surface area contributed by atoms with Gasteiger partial charge in [0.1, 0.15) is 12.0 Å². The lowest BCUT2D eigenvalue weighted by molar-refractivity contribution is -0.133. The summed E-state index contributed by atoms with van der Waals surface area (Å²) in [6, 6.07) is 12.1. The first kappa shape index (κ1) is 20.2. The molecule has 2 N–H and O–H groups in total. The van der Waals surface area contributed by atoms with Gasteiger partial charge in [-0.25, -0.2) is 0 Å². The van der Waals surface area contributed by atoms with E-state index in [1.807, 2.05) is 18.2 Å². The molecule has 8 heteroatoms. The quantitative estimate of drug-likeness (QED) is 0.555. The van der Waals surface area contributed by atoms with Gasteiger partial charge in [-0.2, -0.15) is 0 Å². The van der Waals surface area contributed by atoms with E-state index in [1.54, 1.807) is 37.4 Å². The molecule has 1 aliphatic heterocycles. The maximum Gasteiger partial charge on any atom is 0.315 e. The Morgan fingerprint density at radius 2 is 1.96 bits per heavy atom. The summed E-state index contributed by atoms with van der Waals surface area (Å²) >= 11 is 13.1. The van der Waals surface area contributed by atoms with Crippen LogP contribution in [0.25, 0.3) is 6.08 Å². The summed E-state index contributed by atoms with van der Waals surface area (Å²) in [5.41, 5.74) is 0.938. The third kappa shape index (κ3) is 5.48. The summed E-state index contributed by atoms with van der Waals surface area (Å²) in [4.78, 5) is 13.0. The fourth-order valence-electron chi connectivity index (χ4n) is 2.51. The number of benzene rings is 2. The van der Waals surface area contributed by atoms with Crippen LogP contribution in [0.2, 0.25) is 10.0 Å². The minimum atomic E-state index is -0.692. The number of nitrogens with one attached hydrogen (secondary N) is 1. The van der Waals surface area contributed by atoms with Crippen LogP contribution < -0.4 is 10.1 Å². The molecule has 1 heterocycles. The summed E-state index contributed by atoms with van der Waals surface area (Å²) < 4.78 is 10.6. The van der Waals surface area contributed by atoms with E-state index >= 15 is 0 Å². The molecular weight excluding hydrogens is 409 g/mol. The Bertz CT molecular complexity index is 857. The predicted octanol–water partition coefficient (Wildman–Crippen LogP) is 4.07. The average molecular weight is 426 g/mol. The van der Waals surface area contributed by atoms with Crippen molar-refractivity contribution in [2.45, 2.75) is 18.2 Å². The average Bonchev–Trinajstić information content (AvgIpc) is 2.99. The fourth-order valence-corrected chi connectivity index (χ4v) is 3.77. The predicted molar refractivity (Wildman–Crippen MR) is 108 cm³/mol. The van der Waals surface area contributed by atoms with Crippen molar-refractivity contribution >= 4 is 47.0 Å². The van der Waals surface area contributed by atoms with Crippen LogP contribution >= 0.6 is 35.0 Å². The number of halogens is 2. The van der Waals surface area contributed by atoms with E-state index in [4.69, 9.17) is 32.7 Å². The summed E-state index contributed by atoms with van der Waals surface area (Å²) in [6.07, 6.45) is 1.66. The van der Waals surface area contributed by atoms with Crippen LogP contribution in [0.1, 0.15) is 11.1 Å². The molecule has 0 aromatic heterocycles. The van der Waals surface area contributed by atoms with Gasteiger partial charge in [0, 0.05) is 12.0 Å². The Morgan fingerprint density at radius 1 is 1.22 bits per heavy atom. The zero-order valence-electron chi connectivity index (χ0n) is 14.3.